The number of hydrogen-bond acceptors (Lipinski definition) is 4. The molecule has 2 heterocycles. The molecule has 37 heavy (non-hydrogen) atoms. The Kier molecular flexibility index (Phi) is 7.61. The number of carbonyl (C=O) groups excluding carboxylic acids is 3. The van der Waals surface area contributed by atoms with Gasteiger partial charge in [0.1, 0.15) is 0 Å². The molecule has 1 fully saturated rings. The van der Waals surface area contributed by atoms with Gasteiger partial charge in [0.2, 0.25) is 11.8 Å². The molecule has 3 aromatic rings. The summed E-state index contributed by atoms with van der Waals surface area (Å²) < 4.78 is 0. The predicted molar refractivity (Wildman–Crippen MR) is 143 cm³/mol. The van der Waals surface area contributed by atoms with E-state index >= 15 is 0 Å². The van der Waals surface area contributed by atoms with Gasteiger partial charge >= 0.3 is 0 Å². The van der Waals surface area contributed by atoms with E-state index in [2.05, 4.69) is 22.8 Å². The molecule has 3 amide bonds. The Morgan fingerprint density at radius 3 is 2.27 bits per heavy atom. The molecule has 1 saturated heterocycles. The summed E-state index contributed by atoms with van der Waals surface area (Å²) in [5.74, 6) is -0.406. The van der Waals surface area contributed by atoms with Crippen LogP contribution in [-0.4, -0.2) is 53.2 Å². The van der Waals surface area contributed by atoms with Gasteiger partial charge in [-0.25, -0.2) is 0 Å². The lowest BCUT2D eigenvalue weighted by Crippen LogP contribution is -2.53. The van der Waals surface area contributed by atoms with Gasteiger partial charge in [0.05, 0.1) is 23.8 Å². The van der Waals surface area contributed by atoms with E-state index in [4.69, 9.17) is 0 Å². The number of para-hydroxylation sites is 1. The second kappa shape index (κ2) is 11.4. The molecule has 3 aromatic carbocycles. The maximum absolute atomic E-state index is 13.4. The van der Waals surface area contributed by atoms with Crippen LogP contribution >= 0.6 is 0 Å². The van der Waals surface area contributed by atoms with Crippen molar-refractivity contribution < 1.29 is 14.4 Å². The normalized spacial score (nSPS) is 17.2. The highest BCUT2D eigenvalue weighted by atomic mass is 16.2. The summed E-state index contributed by atoms with van der Waals surface area (Å²) in [6.45, 7) is 2.56. The van der Waals surface area contributed by atoms with Crippen molar-refractivity contribution in [2.24, 2.45) is 0 Å². The largest absolute Gasteiger partial charge is 0.348 e. The fourth-order valence-corrected chi connectivity index (χ4v) is 5.17. The van der Waals surface area contributed by atoms with Gasteiger partial charge in [-0.15, -0.1) is 0 Å². The molecule has 2 N–H and O–H groups in total. The summed E-state index contributed by atoms with van der Waals surface area (Å²) in [7, 11) is 0. The molecule has 190 valence electrons. The smallest absolute Gasteiger partial charge is 0.253 e. The van der Waals surface area contributed by atoms with Gasteiger partial charge in [-0.3, -0.25) is 19.3 Å². The number of anilines is 1. The van der Waals surface area contributed by atoms with Crippen LogP contribution in [0.15, 0.2) is 78.9 Å². The van der Waals surface area contributed by atoms with E-state index < -0.39 is 0 Å². The van der Waals surface area contributed by atoms with Crippen LogP contribution < -0.4 is 10.6 Å². The van der Waals surface area contributed by atoms with Gasteiger partial charge in [0.25, 0.3) is 5.91 Å². The van der Waals surface area contributed by atoms with E-state index in [0.717, 1.165) is 42.6 Å². The van der Waals surface area contributed by atoms with Gasteiger partial charge in [-0.1, -0.05) is 66.7 Å². The van der Waals surface area contributed by atoms with E-state index in [1.807, 2.05) is 52.3 Å². The number of carbonyl (C=O) groups is 3. The van der Waals surface area contributed by atoms with Crippen LogP contribution in [-0.2, 0) is 29.1 Å². The first kappa shape index (κ1) is 24.7. The molecule has 0 spiro atoms. The summed E-state index contributed by atoms with van der Waals surface area (Å²) in [5, 5.41) is 5.85. The Morgan fingerprint density at radius 2 is 1.49 bits per heavy atom. The van der Waals surface area contributed by atoms with E-state index in [9.17, 15) is 14.4 Å². The topological polar surface area (TPSA) is 81.8 Å². The minimum Gasteiger partial charge on any atom is -0.348 e. The third kappa shape index (κ3) is 5.89. The van der Waals surface area contributed by atoms with Crippen molar-refractivity contribution in [1.29, 1.82) is 0 Å². The van der Waals surface area contributed by atoms with Crippen molar-refractivity contribution in [2.45, 2.75) is 38.4 Å². The van der Waals surface area contributed by atoms with Crippen LogP contribution in [0.4, 0.5) is 5.69 Å². The van der Waals surface area contributed by atoms with Gasteiger partial charge in [-0.05, 0) is 48.1 Å². The highest BCUT2D eigenvalue weighted by Gasteiger charge is 2.35. The lowest BCUT2D eigenvalue weighted by molar-refractivity contribution is -0.137. The number of nitrogens with one attached hydrogen (secondary N) is 2. The summed E-state index contributed by atoms with van der Waals surface area (Å²) in [4.78, 5) is 43.4. The fourth-order valence-electron chi connectivity index (χ4n) is 5.17. The molecule has 0 radical (unpaired) electrons. The maximum atomic E-state index is 13.4. The molecule has 7 nitrogen and oxygen atoms in total. The van der Waals surface area contributed by atoms with Gasteiger partial charge in [-0.2, -0.15) is 0 Å². The Hall–Kier alpha value is -3.97. The monoisotopic (exact) mass is 496 g/mol. The molecule has 0 saturated carbocycles. The highest BCUT2D eigenvalue weighted by Crippen LogP contribution is 2.26. The number of amides is 3. The number of benzene rings is 3. The summed E-state index contributed by atoms with van der Waals surface area (Å²) in [6.07, 6.45) is 2.65. The van der Waals surface area contributed by atoms with Crippen LogP contribution in [0.2, 0.25) is 0 Å². The zero-order valence-corrected chi connectivity index (χ0v) is 20.9. The summed E-state index contributed by atoms with van der Waals surface area (Å²) in [5.41, 5.74) is 4.16. The van der Waals surface area contributed by atoms with Crippen molar-refractivity contribution in [2.75, 3.05) is 25.0 Å². The lowest BCUT2D eigenvalue weighted by atomic mass is 9.93. The Morgan fingerprint density at radius 1 is 0.811 bits per heavy atom. The van der Waals surface area contributed by atoms with Crippen molar-refractivity contribution >= 4 is 23.4 Å². The van der Waals surface area contributed by atoms with Crippen molar-refractivity contribution in [3.8, 4) is 0 Å². The van der Waals surface area contributed by atoms with E-state index in [1.54, 1.807) is 24.3 Å². The molecule has 5 rings (SSSR count). The van der Waals surface area contributed by atoms with Crippen LogP contribution in [0.5, 0.6) is 0 Å². The minimum absolute atomic E-state index is 0.0680. The molecule has 0 aromatic heterocycles. The van der Waals surface area contributed by atoms with Crippen LogP contribution in [0.25, 0.3) is 0 Å². The van der Waals surface area contributed by atoms with Crippen molar-refractivity contribution in [3.05, 3.63) is 101 Å². The molecule has 2 aliphatic heterocycles. The molecular formula is C30H32N4O3. The first-order valence-corrected chi connectivity index (χ1v) is 12.9. The average molecular weight is 497 g/mol. The molecule has 1 atom stereocenters. The number of fused-ring (bicyclic) bond motifs is 1. The highest BCUT2D eigenvalue weighted by molar-refractivity contribution is 6.04. The quantitative estimate of drug-likeness (QED) is 0.524. The predicted octanol–water partition coefficient (Wildman–Crippen LogP) is 3.60. The SMILES string of the molecule is O=C(CN1Cc2ccccc2C[C@@H]1C(=O)N1CCCC1)Nc1ccccc1C(=O)NCc1ccccc1. The van der Waals surface area contributed by atoms with Crippen LogP contribution in [0.3, 0.4) is 0 Å². The van der Waals surface area contributed by atoms with E-state index in [1.165, 1.54) is 0 Å². The van der Waals surface area contributed by atoms with Crippen LogP contribution in [0, 0.1) is 0 Å². The second-order valence-corrected chi connectivity index (χ2v) is 9.69. The molecule has 0 bridgehead atoms. The minimum atomic E-state index is -0.372. The molecular weight excluding hydrogens is 464 g/mol. The van der Waals surface area contributed by atoms with Crippen molar-refractivity contribution in [1.82, 2.24) is 15.1 Å². The standard InChI is InChI=1S/C30H32N4O3/c35-28(32-26-15-7-6-14-25(26)29(36)31-19-22-10-2-1-3-11-22)21-34-20-24-13-5-4-12-23(24)18-27(34)30(37)33-16-8-9-17-33/h1-7,10-15,27H,8-9,16-21H2,(H,31,36)(H,32,35)/t27-/m1/s1. The molecule has 0 aliphatic carbocycles. The number of hydrogen-bond donors (Lipinski definition) is 2. The Balaban J connectivity index is 1.28. The number of likely N-dealkylation sites (tertiary alicyclic amines) is 1. The summed E-state index contributed by atoms with van der Waals surface area (Å²) >= 11 is 0. The molecule has 0 unspecified atom stereocenters. The molecule has 2 aliphatic rings. The maximum Gasteiger partial charge on any atom is 0.253 e. The Bertz CT molecular complexity index is 1270. The first-order valence-electron chi connectivity index (χ1n) is 12.9. The second-order valence-electron chi connectivity index (χ2n) is 9.69. The van der Waals surface area contributed by atoms with Gasteiger partial charge in [0.15, 0.2) is 0 Å². The Labute approximate surface area is 217 Å². The van der Waals surface area contributed by atoms with Gasteiger partial charge < -0.3 is 15.5 Å². The zero-order chi connectivity index (χ0) is 25.6. The summed E-state index contributed by atoms with van der Waals surface area (Å²) in [6, 6.07) is 24.4. The molecule has 7 heteroatoms. The van der Waals surface area contributed by atoms with Crippen LogP contribution in [0.1, 0.15) is 39.9 Å². The van der Waals surface area contributed by atoms with Gasteiger partial charge in [0, 0.05) is 26.2 Å². The number of rotatable bonds is 7. The third-order valence-electron chi connectivity index (χ3n) is 7.14. The van der Waals surface area contributed by atoms with Crippen molar-refractivity contribution in [3.63, 3.8) is 0 Å². The number of nitrogens with zero attached hydrogens (tertiary/aromatic N) is 2. The first-order chi connectivity index (χ1) is 18.1. The fraction of sp³-hybridized carbons (Fsp3) is 0.300. The van der Waals surface area contributed by atoms with E-state index in [0.29, 0.717) is 30.8 Å². The third-order valence-corrected chi connectivity index (χ3v) is 7.14. The average Bonchev–Trinajstić information content (AvgIpc) is 3.47. The lowest BCUT2D eigenvalue weighted by Gasteiger charge is -2.37. The zero-order valence-electron chi connectivity index (χ0n) is 20.9. The van der Waals surface area contributed by atoms with E-state index in [-0.39, 0.29) is 30.3 Å².